The summed E-state index contributed by atoms with van der Waals surface area (Å²) in [6.07, 6.45) is 0. The highest BCUT2D eigenvalue weighted by molar-refractivity contribution is 6.31. The highest BCUT2D eigenvalue weighted by atomic mass is 35.5. The van der Waals surface area contributed by atoms with Gasteiger partial charge in [0.05, 0.1) is 13.0 Å². The highest BCUT2D eigenvalue weighted by Crippen LogP contribution is 2.34. The molecule has 5 rings (SSSR count). The zero-order valence-electron chi connectivity index (χ0n) is 18.0. The second-order valence-corrected chi connectivity index (χ2v) is 8.47. The molecule has 0 saturated heterocycles. The van der Waals surface area contributed by atoms with Crippen molar-refractivity contribution < 1.29 is 19.1 Å². The maximum absolute atomic E-state index is 12.3. The molecule has 33 heavy (non-hydrogen) atoms. The maximum atomic E-state index is 12.3. The predicted molar refractivity (Wildman–Crippen MR) is 129 cm³/mol. The maximum Gasteiger partial charge on any atom is 0.336 e. The molecule has 0 aliphatic rings. The Morgan fingerprint density at radius 1 is 1.03 bits per heavy atom. The van der Waals surface area contributed by atoms with Crippen molar-refractivity contribution in [1.29, 1.82) is 0 Å². The summed E-state index contributed by atoms with van der Waals surface area (Å²) in [5, 5.41) is 12.8. The third-order valence-electron chi connectivity index (χ3n) is 6.09. The number of ether oxygens (including phenoxy) is 1. The minimum absolute atomic E-state index is 0.377. The van der Waals surface area contributed by atoms with Crippen LogP contribution < -0.4 is 10.4 Å². The monoisotopic (exact) mass is 461 g/mol. The number of benzene rings is 3. The summed E-state index contributed by atoms with van der Waals surface area (Å²) in [6, 6.07) is 18.1. The number of halogens is 1. The minimum atomic E-state index is -0.890. The van der Waals surface area contributed by atoms with Gasteiger partial charge in [0.25, 0.3) is 0 Å². The van der Waals surface area contributed by atoms with Gasteiger partial charge in [0.1, 0.15) is 11.3 Å². The normalized spacial score (nSPS) is 12.5. The number of carbonyl (C=O) groups is 1. The molecule has 2 heterocycles. The zero-order chi connectivity index (χ0) is 23.3. The molecule has 6 nitrogen and oxygen atoms in total. The zero-order valence-corrected chi connectivity index (χ0v) is 18.7. The Labute approximate surface area is 193 Å². The first-order valence-corrected chi connectivity index (χ1v) is 10.8. The Morgan fingerprint density at radius 3 is 2.61 bits per heavy atom. The Hall–Kier alpha value is -3.77. The molecule has 0 saturated carbocycles. The van der Waals surface area contributed by atoms with Gasteiger partial charge in [0.15, 0.2) is 0 Å². The van der Waals surface area contributed by atoms with E-state index >= 15 is 0 Å². The van der Waals surface area contributed by atoms with Gasteiger partial charge >= 0.3 is 11.6 Å². The topological polar surface area (TPSA) is 81.7 Å². The fraction of sp³-hybridized carbons (Fsp3) is 0.154. The van der Waals surface area contributed by atoms with Crippen LogP contribution in [0, 0.1) is 0 Å². The molecule has 0 aliphatic heterocycles. The summed E-state index contributed by atoms with van der Waals surface area (Å²) in [5.74, 6) is -0.888. The summed E-state index contributed by atoms with van der Waals surface area (Å²) in [5.41, 5.74) is 3.30. The number of aromatic nitrogens is 1. The van der Waals surface area contributed by atoms with Crippen LogP contribution in [0.3, 0.4) is 0 Å². The van der Waals surface area contributed by atoms with Gasteiger partial charge in [-0.3, -0.25) is 4.79 Å². The van der Waals surface area contributed by atoms with Crippen LogP contribution in [0.4, 0.5) is 0 Å². The van der Waals surface area contributed by atoms with Gasteiger partial charge in [-0.05, 0) is 60.5 Å². The Morgan fingerprint density at radius 2 is 1.85 bits per heavy atom. The van der Waals surface area contributed by atoms with Crippen LogP contribution in [0.25, 0.3) is 32.8 Å². The number of methoxy groups -OCH3 is 1. The summed E-state index contributed by atoms with van der Waals surface area (Å²) in [4.78, 5) is 23.9. The van der Waals surface area contributed by atoms with E-state index in [1.165, 1.54) is 6.07 Å². The molecular formula is C26H20ClNO5. The molecule has 0 amide bonds. The summed E-state index contributed by atoms with van der Waals surface area (Å²) < 4.78 is 12.8. The van der Waals surface area contributed by atoms with Crippen molar-refractivity contribution >= 4 is 50.3 Å². The molecule has 1 atom stereocenters. The third kappa shape index (κ3) is 3.62. The van der Waals surface area contributed by atoms with Crippen molar-refractivity contribution in [3.05, 3.63) is 87.2 Å². The largest absolute Gasteiger partial charge is 0.497 e. The molecule has 3 aromatic carbocycles. The molecule has 166 valence electrons. The third-order valence-corrected chi connectivity index (χ3v) is 6.32. The van der Waals surface area contributed by atoms with Crippen LogP contribution in [-0.2, 0) is 11.3 Å². The molecule has 0 radical (unpaired) electrons. The average Bonchev–Trinajstić information content (AvgIpc) is 3.10. The molecule has 5 aromatic rings. The first kappa shape index (κ1) is 21.1. The van der Waals surface area contributed by atoms with Gasteiger partial charge in [0, 0.05) is 44.8 Å². The van der Waals surface area contributed by atoms with Crippen LogP contribution in [0.15, 0.2) is 69.9 Å². The molecule has 0 unspecified atom stereocenters. The highest BCUT2D eigenvalue weighted by Gasteiger charge is 2.18. The van der Waals surface area contributed by atoms with Crippen molar-refractivity contribution in [2.45, 2.75) is 19.4 Å². The average molecular weight is 462 g/mol. The van der Waals surface area contributed by atoms with E-state index in [0.29, 0.717) is 28.5 Å². The fourth-order valence-electron chi connectivity index (χ4n) is 4.31. The van der Waals surface area contributed by atoms with Crippen molar-refractivity contribution in [2.24, 2.45) is 0 Å². The number of rotatable bonds is 5. The van der Waals surface area contributed by atoms with Crippen LogP contribution in [0.1, 0.15) is 24.0 Å². The molecule has 0 aliphatic carbocycles. The number of aliphatic carboxylic acids is 1. The van der Waals surface area contributed by atoms with E-state index in [4.69, 9.17) is 20.8 Å². The first-order chi connectivity index (χ1) is 15.9. The standard InChI is InChI=1S/C26H20ClNO5/c1-14(26(30)31)15-3-6-19-21-11-17(27)4-7-22(21)28(23(19)9-15)13-16-10-25(29)33-24-8-5-18(32-2)12-20(16)24/h3-12,14H,13H2,1-2H3,(H,30,31)/t14-/m1/s1. The Kier molecular flexibility index (Phi) is 5.10. The van der Waals surface area contributed by atoms with Crippen LogP contribution >= 0.6 is 11.6 Å². The summed E-state index contributed by atoms with van der Waals surface area (Å²) in [6.45, 7) is 2.04. The number of carboxylic acids is 1. The SMILES string of the molecule is COc1ccc2oc(=O)cc(Cn3c4ccc(Cl)cc4c4ccc([C@@H](C)C(=O)O)cc43)c2c1. The summed E-state index contributed by atoms with van der Waals surface area (Å²) in [7, 11) is 1.59. The van der Waals surface area contributed by atoms with Crippen molar-refractivity contribution in [3.8, 4) is 5.75 Å². The van der Waals surface area contributed by atoms with Crippen LogP contribution in [0.2, 0.25) is 5.02 Å². The van der Waals surface area contributed by atoms with Crippen LogP contribution in [0.5, 0.6) is 5.75 Å². The molecule has 1 N–H and O–H groups in total. The lowest BCUT2D eigenvalue weighted by Gasteiger charge is -2.12. The van der Waals surface area contributed by atoms with Crippen molar-refractivity contribution in [3.63, 3.8) is 0 Å². The van der Waals surface area contributed by atoms with Gasteiger partial charge in [-0.15, -0.1) is 0 Å². The number of hydrogen-bond acceptors (Lipinski definition) is 4. The number of hydrogen-bond donors (Lipinski definition) is 1. The predicted octanol–water partition coefficient (Wildman–Crippen LogP) is 5.80. The molecule has 2 aromatic heterocycles. The quantitative estimate of drug-likeness (QED) is 0.334. The molecule has 0 fully saturated rings. The lowest BCUT2D eigenvalue weighted by Crippen LogP contribution is -2.08. The molecule has 7 heteroatoms. The van der Waals surface area contributed by atoms with E-state index in [-0.39, 0.29) is 0 Å². The van der Waals surface area contributed by atoms with Crippen molar-refractivity contribution in [1.82, 2.24) is 4.57 Å². The summed E-state index contributed by atoms with van der Waals surface area (Å²) >= 11 is 6.29. The van der Waals surface area contributed by atoms with Gasteiger partial charge in [-0.2, -0.15) is 0 Å². The van der Waals surface area contributed by atoms with Gasteiger partial charge in [0.2, 0.25) is 0 Å². The van der Waals surface area contributed by atoms with E-state index in [1.54, 1.807) is 26.2 Å². The second kappa shape index (κ2) is 7.98. The second-order valence-electron chi connectivity index (χ2n) is 8.04. The molecule has 0 spiro atoms. The number of carboxylic acid groups (broad SMARTS) is 1. The lowest BCUT2D eigenvalue weighted by molar-refractivity contribution is -0.138. The van der Waals surface area contributed by atoms with Crippen molar-refractivity contribution in [2.75, 3.05) is 7.11 Å². The fourth-order valence-corrected chi connectivity index (χ4v) is 4.48. The minimum Gasteiger partial charge on any atom is -0.497 e. The molecule has 0 bridgehead atoms. The number of fused-ring (bicyclic) bond motifs is 4. The van der Waals surface area contributed by atoms with Gasteiger partial charge in [-0.25, -0.2) is 4.79 Å². The van der Waals surface area contributed by atoms with Gasteiger partial charge < -0.3 is 18.8 Å². The van der Waals surface area contributed by atoms with E-state index in [9.17, 15) is 14.7 Å². The molecular weight excluding hydrogens is 442 g/mol. The number of nitrogens with zero attached hydrogens (tertiary/aromatic N) is 1. The lowest BCUT2D eigenvalue weighted by atomic mass is 10.00. The van der Waals surface area contributed by atoms with E-state index in [0.717, 1.165) is 32.8 Å². The Balaban J connectivity index is 1.79. The van der Waals surface area contributed by atoms with E-state index < -0.39 is 17.5 Å². The first-order valence-electron chi connectivity index (χ1n) is 10.4. The van der Waals surface area contributed by atoms with Gasteiger partial charge in [-0.1, -0.05) is 23.7 Å². The Bertz CT molecular complexity index is 1610. The van der Waals surface area contributed by atoms with E-state index in [2.05, 4.69) is 4.57 Å². The van der Waals surface area contributed by atoms with Crippen LogP contribution in [-0.4, -0.2) is 22.8 Å². The van der Waals surface area contributed by atoms with E-state index in [1.807, 2.05) is 42.5 Å². The smallest absolute Gasteiger partial charge is 0.336 e.